The number of carbonyl (C=O) groups excluding carboxylic acids is 2. The van der Waals surface area contributed by atoms with Gasteiger partial charge in [-0.2, -0.15) is 0 Å². The maximum atomic E-state index is 12.4. The molecule has 0 radical (unpaired) electrons. The van der Waals surface area contributed by atoms with E-state index in [0.29, 0.717) is 24.8 Å². The van der Waals surface area contributed by atoms with E-state index in [1.807, 2.05) is 30.3 Å². The van der Waals surface area contributed by atoms with Crippen molar-refractivity contribution in [2.75, 3.05) is 33.0 Å². The van der Waals surface area contributed by atoms with Gasteiger partial charge in [-0.1, -0.05) is 30.3 Å². The van der Waals surface area contributed by atoms with E-state index in [1.54, 1.807) is 6.08 Å². The van der Waals surface area contributed by atoms with Crippen LogP contribution in [0.5, 0.6) is 0 Å². The van der Waals surface area contributed by atoms with E-state index < -0.39 is 0 Å². The first-order valence-corrected chi connectivity index (χ1v) is 7.66. The van der Waals surface area contributed by atoms with E-state index in [4.69, 9.17) is 4.74 Å². The fourth-order valence-corrected chi connectivity index (χ4v) is 3.10. The lowest BCUT2D eigenvalue weighted by Crippen LogP contribution is -2.45. The average molecular weight is 304 g/mol. The number of ether oxygens (including phenoxy) is 1. The van der Waals surface area contributed by atoms with E-state index in [2.05, 4.69) is 4.90 Å². The van der Waals surface area contributed by atoms with Gasteiger partial charge in [0.05, 0.1) is 24.8 Å². The van der Waals surface area contributed by atoms with E-state index in [0.717, 1.165) is 30.4 Å². The Labute approximate surface area is 127 Å². The lowest BCUT2D eigenvalue weighted by Gasteiger charge is -2.29. The Morgan fingerprint density at radius 3 is 2.57 bits per heavy atom. The third-order valence-corrected chi connectivity index (χ3v) is 4.32. The molecule has 1 aromatic rings. The Bertz CT molecular complexity index is 568. The third-order valence-electron chi connectivity index (χ3n) is 3.42. The highest BCUT2D eigenvalue weighted by atomic mass is 32.2. The monoisotopic (exact) mass is 304 g/mol. The fraction of sp³-hybridized carbons (Fsp3) is 0.333. The first kappa shape index (κ1) is 14.3. The van der Waals surface area contributed by atoms with Gasteiger partial charge in [0.15, 0.2) is 0 Å². The Hall–Kier alpha value is -1.63. The zero-order valence-electron chi connectivity index (χ0n) is 11.5. The summed E-state index contributed by atoms with van der Waals surface area (Å²) in [6, 6.07) is 9.56. The van der Waals surface area contributed by atoms with Crippen molar-refractivity contribution in [3.05, 3.63) is 40.8 Å². The molecule has 2 aliphatic rings. The van der Waals surface area contributed by atoms with E-state index in [-0.39, 0.29) is 11.1 Å². The minimum absolute atomic E-state index is 0.200. The van der Waals surface area contributed by atoms with Crippen molar-refractivity contribution in [3.8, 4) is 0 Å². The Morgan fingerprint density at radius 2 is 1.86 bits per heavy atom. The molecule has 2 amide bonds. The van der Waals surface area contributed by atoms with Crippen LogP contribution >= 0.6 is 11.8 Å². The average Bonchev–Trinajstić information content (AvgIpc) is 2.77. The number of nitrogens with zero attached hydrogens (tertiary/aromatic N) is 2. The quantitative estimate of drug-likeness (QED) is 0.800. The summed E-state index contributed by atoms with van der Waals surface area (Å²) in [6.07, 6.45) is 1.77. The smallest absolute Gasteiger partial charge is 0.294 e. The van der Waals surface area contributed by atoms with Gasteiger partial charge in [0.2, 0.25) is 0 Å². The minimum Gasteiger partial charge on any atom is -0.379 e. The molecule has 6 heteroatoms. The molecular weight excluding hydrogens is 288 g/mol. The van der Waals surface area contributed by atoms with Crippen molar-refractivity contribution in [3.63, 3.8) is 0 Å². The largest absolute Gasteiger partial charge is 0.379 e. The summed E-state index contributed by atoms with van der Waals surface area (Å²) < 4.78 is 5.27. The summed E-state index contributed by atoms with van der Waals surface area (Å²) in [7, 11) is 0. The SMILES string of the molecule is O=C1S/C(=C/c2ccccc2)C(=O)N1CN1CCOCC1. The first-order chi connectivity index (χ1) is 10.2. The number of amides is 2. The summed E-state index contributed by atoms with van der Waals surface area (Å²) in [5.41, 5.74) is 0.925. The van der Waals surface area contributed by atoms with Gasteiger partial charge in [0, 0.05) is 13.1 Å². The number of benzene rings is 1. The van der Waals surface area contributed by atoms with Crippen molar-refractivity contribution in [2.24, 2.45) is 0 Å². The van der Waals surface area contributed by atoms with Crippen LogP contribution in [0.4, 0.5) is 4.79 Å². The van der Waals surface area contributed by atoms with Gasteiger partial charge in [-0.15, -0.1) is 0 Å². The molecule has 0 bridgehead atoms. The number of imide groups is 1. The van der Waals surface area contributed by atoms with Gasteiger partial charge in [0.1, 0.15) is 0 Å². The second-order valence-electron chi connectivity index (χ2n) is 4.89. The Morgan fingerprint density at radius 1 is 1.14 bits per heavy atom. The summed E-state index contributed by atoms with van der Waals surface area (Å²) in [6.45, 7) is 3.14. The molecule has 0 unspecified atom stereocenters. The summed E-state index contributed by atoms with van der Waals surface area (Å²) in [5.74, 6) is -0.208. The second-order valence-corrected chi connectivity index (χ2v) is 5.89. The Kier molecular flexibility index (Phi) is 4.38. The van der Waals surface area contributed by atoms with Crippen LogP contribution in [0.3, 0.4) is 0 Å². The number of thioether (sulfide) groups is 1. The standard InChI is InChI=1S/C15H16N2O3S/c18-14-13(10-12-4-2-1-3-5-12)21-15(19)17(14)11-16-6-8-20-9-7-16/h1-5,10H,6-9,11H2/b13-10+. The third kappa shape index (κ3) is 3.34. The number of carbonyl (C=O) groups is 2. The van der Waals surface area contributed by atoms with Gasteiger partial charge < -0.3 is 4.74 Å². The topological polar surface area (TPSA) is 49.9 Å². The highest BCUT2D eigenvalue weighted by molar-refractivity contribution is 8.18. The zero-order chi connectivity index (χ0) is 14.7. The van der Waals surface area contributed by atoms with Crippen molar-refractivity contribution in [1.29, 1.82) is 0 Å². The number of morpholine rings is 1. The molecule has 21 heavy (non-hydrogen) atoms. The van der Waals surface area contributed by atoms with E-state index in [1.165, 1.54) is 4.90 Å². The van der Waals surface area contributed by atoms with Gasteiger partial charge in [-0.05, 0) is 23.4 Å². The van der Waals surface area contributed by atoms with Crippen LogP contribution in [-0.4, -0.2) is 53.9 Å². The molecule has 110 valence electrons. The molecule has 0 saturated carbocycles. The molecule has 0 N–H and O–H groups in total. The summed E-state index contributed by atoms with van der Waals surface area (Å²) >= 11 is 1.01. The fourth-order valence-electron chi connectivity index (χ4n) is 2.27. The highest BCUT2D eigenvalue weighted by Gasteiger charge is 2.36. The lowest BCUT2D eigenvalue weighted by molar-refractivity contribution is -0.125. The van der Waals surface area contributed by atoms with E-state index in [9.17, 15) is 9.59 Å². The Balaban J connectivity index is 1.71. The predicted octanol–water partition coefficient (Wildman–Crippen LogP) is 2.01. The van der Waals surface area contributed by atoms with Crippen LogP contribution in [0.2, 0.25) is 0 Å². The summed E-state index contributed by atoms with van der Waals surface area (Å²) in [5, 5.41) is -0.200. The second kappa shape index (κ2) is 6.43. The van der Waals surface area contributed by atoms with Crippen molar-refractivity contribution < 1.29 is 14.3 Å². The maximum Gasteiger partial charge on any atom is 0.294 e. The van der Waals surface area contributed by atoms with Crippen LogP contribution in [-0.2, 0) is 9.53 Å². The van der Waals surface area contributed by atoms with Crippen LogP contribution in [0.25, 0.3) is 6.08 Å². The normalized spacial score (nSPS) is 22.3. The molecule has 3 rings (SSSR count). The molecular formula is C15H16N2O3S. The summed E-state index contributed by atoms with van der Waals surface area (Å²) in [4.78, 5) is 28.2. The van der Waals surface area contributed by atoms with Crippen molar-refractivity contribution >= 4 is 29.0 Å². The van der Waals surface area contributed by atoms with Crippen LogP contribution in [0, 0.1) is 0 Å². The van der Waals surface area contributed by atoms with Gasteiger partial charge >= 0.3 is 0 Å². The van der Waals surface area contributed by atoms with E-state index >= 15 is 0 Å². The van der Waals surface area contributed by atoms with Gasteiger partial charge in [0.25, 0.3) is 11.1 Å². The number of hydrogen-bond acceptors (Lipinski definition) is 5. The number of rotatable bonds is 3. The molecule has 1 aromatic carbocycles. The molecule has 2 saturated heterocycles. The molecule has 5 nitrogen and oxygen atoms in total. The van der Waals surface area contributed by atoms with Crippen molar-refractivity contribution in [1.82, 2.24) is 9.80 Å². The molecule has 2 aliphatic heterocycles. The molecule has 0 spiro atoms. The van der Waals surface area contributed by atoms with Crippen LogP contribution < -0.4 is 0 Å². The minimum atomic E-state index is -0.208. The molecule has 2 fully saturated rings. The number of hydrogen-bond donors (Lipinski definition) is 0. The highest BCUT2D eigenvalue weighted by Crippen LogP contribution is 2.32. The molecule has 0 aliphatic carbocycles. The molecule has 0 aromatic heterocycles. The predicted molar refractivity (Wildman–Crippen MR) is 81.5 cm³/mol. The van der Waals surface area contributed by atoms with Gasteiger partial charge in [-0.3, -0.25) is 19.4 Å². The zero-order valence-corrected chi connectivity index (χ0v) is 12.3. The molecule has 2 heterocycles. The van der Waals surface area contributed by atoms with Crippen LogP contribution in [0.1, 0.15) is 5.56 Å². The molecule has 0 atom stereocenters. The lowest BCUT2D eigenvalue weighted by atomic mass is 10.2. The first-order valence-electron chi connectivity index (χ1n) is 6.84. The van der Waals surface area contributed by atoms with Crippen LogP contribution in [0.15, 0.2) is 35.2 Å². The van der Waals surface area contributed by atoms with Crippen molar-refractivity contribution in [2.45, 2.75) is 0 Å². The van der Waals surface area contributed by atoms with Gasteiger partial charge in [-0.25, -0.2) is 0 Å². The maximum absolute atomic E-state index is 12.4.